The second-order valence-electron chi connectivity index (χ2n) is 17.7. The Labute approximate surface area is 416 Å². The van der Waals surface area contributed by atoms with Crippen molar-refractivity contribution in [2.75, 3.05) is 26.3 Å². The van der Waals surface area contributed by atoms with E-state index in [1.54, 1.807) is 27.3 Å². The van der Waals surface area contributed by atoms with E-state index in [9.17, 15) is 14.4 Å². The fourth-order valence-electron chi connectivity index (χ4n) is 9.39. The van der Waals surface area contributed by atoms with Gasteiger partial charge in [-0.05, 0) is 92.8 Å². The number of H-pyrrole nitrogens is 3. The summed E-state index contributed by atoms with van der Waals surface area (Å²) >= 11 is 0. The van der Waals surface area contributed by atoms with Gasteiger partial charge in [0, 0.05) is 64.5 Å². The summed E-state index contributed by atoms with van der Waals surface area (Å²) in [6.07, 6.45) is 14.9. The Morgan fingerprint density at radius 1 is 0.792 bits per heavy atom. The topological polar surface area (TPSA) is 217 Å². The highest BCUT2D eigenvalue weighted by Gasteiger charge is 2.31. The van der Waals surface area contributed by atoms with E-state index in [1.165, 1.54) is 4.68 Å². The van der Waals surface area contributed by atoms with Crippen LogP contribution in [0.3, 0.4) is 0 Å². The number of carbonyl (C=O) groups excluding carboxylic acids is 2. The molecule has 8 aromatic rings. The first-order chi connectivity index (χ1) is 35.0. The number of likely N-dealkylation sites (tertiary alicyclic amines) is 1. The average molecular weight is 979 g/mol. The van der Waals surface area contributed by atoms with Gasteiger partial charge in [0.25, 0.3) is 5.56 Å². The summed E-state index contributed by atoms with van der Waals surface area (Å²) in [5.74, 6) is 2.06. The first-order valence-electron chi connectivity index (χ1n) is 24.7. The number of benzene rings is 2. The van der Waals surface area contributed by atoms with E-state index in [4.69, 9.17) is 14.2 Å². The zero-order valence-electron chi connectivity index (χ0n) is 42.2. The van der Waals surface area contributed by atoms with Crippen molar-refractivity contribution in [1.82, 2.24) is 69.3 Å². The number of aryl methyl sites for hydroxylation is 4. The third-order valence-corrected chi connectivity index (χ3v) is 13.2. The Kier molecular flexibility index (Phi) is 14.3. The summed E-state index contributed by atoms with van der Waals surface area (Å²) in [4.78, 5) is 41.5. The third kappa shape index (κ3) is 9.67. The van der Waals surface area contributed by atoms with Gasteiger partial charge in [0.05, 0.1) is 95.1 Å². The molecule has 0 saturated carbocycles. The van der Waals surface area contributed by atoms with Gasteiger partial charge in [-0.25, -0.2) is 4.68 Å². The molecule has 20 heteroatoms. The highest BCUT2D eigenvalue weighted by molar-refractivity contribution is 5.94. The van der Waals surface area contributed by atoms with Crippen molar-refractivity contribution in [2.24, 2.45) is 28.2 Å². The largest absolute Gasteiger partial charge is 0.476 e. The maximum absolute atomic E-state index is 12.9. The summed E-state index contributed by atoms with van der Waals surface area (Å²) in [5, 5.41) is 33.5. The van der Waals surface area contributed by atoms with Crippen molar-refractivity contribution in [3.8, 4) is 39.9 Å². The second-order valence-corrected chi connectivity index (χ2v) is 17.7. The number of ether oxygens (including phenoxy) is 3. The maximum atomic E-state index is 12.9. The number of piperidine rings is 2. The minimum absolute atomic E-state index is 0.0847. The van der Waals surface area contributed by atoms with Crippen LogP contribution in [0.5, 0.6) is 17.6 Å². The van der Waals surface area contributed by atoms with Gasteiger partial charge in [-0.1, -0.05) is 26.0 Å². The standard InChI is InChI=1S/C25H27N7O3.C25H29N7O3.C2H6/c1-4-34-24-17-7-9-21-18-11-15(5-8-20(18)27-28-21)19-12-26-31(3)25(19)35-16-6-10-23(33)32(13-16)14-22(17)30(2)29-24;1-4-35-24-17(22(30(2)29-24)15-32-12-6-5-7-23(32)33)9-11-21-18-13-16(8-10-20(18)27-28-21)19-14-26-31(3)25(19)34;1-2/h5,7-9,11-12,16H,4,6,10,13-14H2,1-3H3,(H,27,28);8-11,13-14,26H,4-7,12,15H2,1-3H3,(H,27,28);1-2H3/b9-7+;11-9+;. The smallest absolute Gasteiger partial charge is 0.274 e. The van der Waals surface area contributed by atoms with E-state index in [-0.39, 0.29) is 23.5 Å². The normalized spacial score (nSPS) is 16.1. The molecule has 0 radical (unpaired) electrons. The Balaban J connectivity index is 0.000000172. The molecule has 0 aliphatic carbocycles. The van der Waals surface area contributed by atoms with Gasteiger partial charge in [0.1, 0.15) is 6.10 Å². The van der Waals surface area contributed by atoms with Gasteiger partial charge in [-0.2, -0.15) is 15.3 Å². The molecule has 1 atom stereocenters. The number of hydrogen-bond acceptors (Lipinski definition) is 11. The maximum Gasteiger partial charge on any atom is 0.274 e. The average Bonchev–Trinajstić information content (AvgIpc) is 4.24. The summed E-state index contributed by atoms with van der Waals surface area (Å²) in [6, 6.07) is 11.9. The quantitative estimate of drug-likeness (QED) is 0.131. The molecule has 4 bridgehead atoms. The second kappa shape index (κ2) is 21.1. The van der Waals surface area contributed by atoms with Gasteiger partial charge in [0.2, 0.25) is 29.5 Å². The minimum atomic E-state index is -0.140. The van der Waals surface area contributed by atoms with Crippen LogP contribution in [-0.4, -0.2) is 114 Å². The highest BCUT2D eigenvalue weighted by Crippen LogP contribution is 2.36. The lowest BCUT2D eigenvalue weighted by Gasteiger charge is -2.33. The molecule has 9 heterocycles. The molecule has 20 nitrogen and oxygen atoms in total. The number of nitrogens with one attached hydrogen (secondary N) is 3. The first-order valence-corrected chi connectivity index (χ1v) is 24.7. The van der Waals surface area contributed by atoms with Crippen LogP contribution in [0.2, 0.25) is 0 Å². The van der Waals surface area contributed by atoms with Gasteiger partial charge in [0.15, 0.2) is 0 Å². The van der Waals surface area contributed by atoms with Crippen LogP contribution in [0.1, 0.15) is 93.7 Å². The molecule has 1 unspecified atom stereocenters. The summed E-state index contributed by atoms with van der Waals surface area (Å²) < 4.78 is 24.9. The van der Waals surface area contributed by atoms with Crippen molar-refractivity contribution in [2.45, 2.75) is 79.0 Å². The van der Waals surface area contributed by atoms with Crippen molar-refractivity contribution < 1.29 is 23.8 Å². The zero-order chi connectivity index (χ0) is 50.6. The SMILES string of the molecule is CC.CCOc1nn(C)c(CN2CCCCC2=O)c1/C=C/c1[nH]nc2ccc(-c3c[nH]n(C)c3=O)cc12.CCOc1nn(C)c2c1/C=C/c1[nH]nc3ccc(cc13)-c1cnn(C)c1OC1CCC(=O)N(C2)C1. The van der Waals surface area contributed by atoms with E-state index in [0.29, 0.717) is 75.3 Å². The van der Waals surface area contributed by atoms with E-state index in [2.05, 4.69) is 46.9 Å². The van der Waals surface area contributed by atoms with Gasteiger partial charge in [-0.15, -0.1) is 10.2 Å². The van der Waals surface area contributed by atoms with Gasteiger partial charge < -0.3 is 29.1 Å². The molecule has 3 N–H and O–H groups in total. The summed E-state index contributed by atoms with van der Waals surface area (Å²) in [6.45, 7) is 11.0. The van der Waals surface area contributed by atoms with Crippen LogP contribution in [-0.2, 0) is 50.9 Å². The van der Waals surface area contributed by atoms with Crippen molar-refractivity contribution in [1.29, 1.82) is 0 Å². The van der Waals surface area contributed by atoms with Gasteiger partial charge >= 0.3 is 0 Å². The molecule has 376 valence electrons. The lowest BCUT2D eigenvalue weighted by Crippen LogP contribution is -2.44. The van der Waals surface area contributed by atoms with E-state index >= 15 is 0 Å². The monoisotopic (exact) mass is 978 g/mol. The van der Waals surface area contributed by atoms with Crippen molar-refractivity contribution in [3.63, 3.8) is 0 Å². The Bertz CT molecular complexity index is 3380. The first kappa shape index (κ1) is 48.8. The number of nitrogens with zero attached hydrogens (tertiary/aromatic N) is 11. The minimum Gasteiger partial charge on any atom is -0.476 e. The molecular formula is C52H62N14O6. The molecule has 72 heavy (non-hydrogen) atoms. The van der Waals surface area contributed by atoms with Gasteiger partial charge in [-0.3, -0.25) is 38.6 Å². The number of aromatic amines is 3. The molecule has 3 aliphatic rings. The van der Waals surface area contributed by atoms with E-state index in [1.807, 2.05) is 119 Å². The molecule has 2 fully saturated rings. The van der Waals surface area contributed by atoms with Crippen LogP contribution < -0.4 is 19.8 Å². The predicted octanol–water partition coefficient (Wildman–Crippen LogP) is 7.25. The Hall–Kier alpha value is -8.16. The fraction of sp³-hybridized carbons (Fsp3) is 0.385. The van der Waals surface area contributed by atoms with Crippen molar-refractivity contribution >= 4 is 57.9 Å². The third-order valence-electron chi connectivity index (χ3n) is 13.2. The van der Waals surface area contributed by atoms with Crippen LogP contribution in [0, 0.1) is 0 Å². The number of carbonyl (C=O) groups is 2. The number of rotatable bonds is 9. The molecule has 2 aromatic carbocycles. The zero-order valence-corrected chi connectivity index (χ0v) is 42.2. The molecule has 0 spiro atoms. The fourth-order valence-corrected chi connectivity index (χ4v) is 9.39. The lowest BCUT2D eigenvalue weighted by atomic mass is 10.0. The number of aromatic nitrogens is 12. The lowest BCUT2D eigenvalue weighted by molar-refractivity contribution is -0.137. The van der Waals surface area contributed by atoms with Crippen LogP contribution >= 0.6 is 0 Å². The Morgan fingerprint density at radius 2 is 1.51 bits per heavy atom. The molecule has 6 aromatic heterocycles. The number of hydrogen-bond donors (Lipinski definition) is 3. The number of amides is 2. The molecular weight excluding hydrogens is 917 g/mol. The molecule has 2 amide bonds. The Morgan fingerprint density at radius 3 is 2.26 bits per heavy atom. The predicted molar refractivity (Wildman–Crippen MR) is 276 cm³/mol. The highest BCUT2D eigenvalue weighted by atomic mass is 16.5. The van der Waals surface area contributed by atoms with Crippen LogP contribution in [0.25, 0.3) is 68.4 Å². The van der Waals surface area contributed by atoms with Crippen LogP contribution in [0.4, 0.5) is 0 Å². The summed E-state index contributed by atoms with van der Waals surface area (Å²) in [7, 11) is 7.32. The van der Waals surface area contributed by atoms with Crippen LogP contribution in [0.15, 0.2) is 53.6 Å². The molecule has 11 rings (SSSR count). The van der Waals surface area contributed by atoms with E-state index < -0.39 is 0 Å². The molecule has 3 aliphatic heterocycles. The number of fused-ring (bicyclic) bond motifs is 7. The van der Waals surface area contributed by atoms with Crippen molar-refractivity contribution in [3.05, 3.63) is 93.0 Å². The van der Waals surface area contributed by atoms with E-state index in [0.717, 1.165) is 91.8 Å². The summed E-state index contributed by atoms with van der Waals surface area (Å²) in [5.41, 5.74) is 10.1. The molecule has 2 saturated heterocycles.